The van der Waals surface area contributed by atoms with Gasteiger partial charge in [0.1, 0.15) is 0 Å². The molecule has 0 rings (SSSR count). The first-order chi connectivity index (χ1) is 3.71. The van der Waals surface area contributed by atoms with Crippen LogP contribution in [-0.4, -0.2) is 25.9 Å². The Morgan fingerprint density at radius 1 is 0.833 bits per heavy atom. The van der Waals surface area contributed by atoms with Gasteiger partial charge in [-0.05, 0) is 0 Å². The Labute approximate surface area is 141 Å². The minimum absolute atomic E-state index is 0. The van der Waals surface area contributed by atoms with Gasteiger partial charge in [0, 0.05) is 0 Å². The zero-order chi connectivity index (χ0) is 7.71. The number of rotatable bonds is 2. The second kappa shape index (κ2) is 9.04. The maximum atomic E-state index is 9.55. The fourth-order valence-electron chi connectivity index (χ4n) is 0.133. The van der Waals surface area contributed by atoms with E-state index in [9.17, 15) is 16.8 Å². The molecule has 0 aliphatic rings. The van der Waals surface area contributed by atoms with Crippen LogP contribution in [0.4, 0.5) is 0 Å². The minimum atomic E-state index is -4.87. The molecule has 0 bridgehead atoms. The molecular formula is H6NNa3O6S2. The molecule has 0 aliphatic heterocycles. The summed E-state index contributed by atoms with van der Waals surface area (Å²) in [5.41, 5.74) is 0. The Balaban J connectivity index is -0.0000000213. The summed E-state index contributed by atoms with van der Waals surface area (Å²) in [4.78, 5) is 0. The average Bonchev–Trinajstić information content (AvgIpc) is 1.14. The van der Waals surface area contributed by atoms with Crippen LogP contribution in [-0.2, 0) is 20.6 Å². The maximum Gasteiger partial charge on any atom is 1.00 e. The summed E-state index contributed by atoms with van der Waals surface area (Å²) in [6.07, 6.45) is 0. The minimum Gasteiger partial charge on any atom is -1.00 e. The van der Waals surface area contributed by atoms with E-state index in [1.165, 1.54) is 0 Å². The molecule has 0 saturated heterocycles. The van der Waals surface area contributed by atoms with Gasteiger partial charge in [0.15, 0.2) is 0 Å². The third kappa shape index (κ3) is 23.0. The SMILES string of the molecule is O=S(=O)(O)NS(=O)(=O)O.[H-].[H-].[H-].[Na+].[Na+].[Na+]. The van der Waals surface area contributed by atoms with Gasteiger partial charge in [-0.1, -0.05) is 4.13 Å². The Morgan fingerprint density at radius 2 is 1.00 bits per heavy atom. The van der Waals surface area contributed by atoms with Gasteiger partial charge in [0.2, 0.25) is 0 Å². The van der Waals surface area contributed by atoms with Crippen molar-refractivity contribution < 1.29 is 119 Å². The third-order valence-corrected chi connectivity index (χ3v) is 1.90. The molecule has 0 atom stereocenters. The monoisotopic (exact) mass is 249 g/mol. The second-order valence-electron chi connectivity index (χ2n) is 1.03. The van der Waals surface area contributed by atoms with Gasteiger partial charge < -0.3 is 4.28 Å². The molecule has 7 nitrogen and oxygen atoms in total. The van der Waals surface area contributed by atoms with Crippen molar-refractivity contribution in [2.45, 2.75) is 0 Å². The van der Waals surface area contributed by atoms with Gasteiger partial charge in [0.05, 0.1) is 0 Å². The molecule has 0 spiro atoms. The van der Waals surface area contributed by atoms with E-state index >= 15 is 0 Å². The van der Waals surface area contributed by atoms with Crippen LogP contribution in [0.2, 0.25) is 0 Å². The van der Waals surface area contributed by atoms with Crippen LogP contribution in [0.25, 0.3) is 0 Å². The fraction of sp³-hybridized carbons (Fsp3) is 0. The molecule has 0 aromatic heterocycles. The summed E-state index contributed by atoms with van der Waals surface area (Å²) in [7, 11) is -9.74. The van der Waals surface area contributed by atoms with Crippen LogP contribution in [0.1, 0.15) is 4.28 Å². The van der Waals surface area contributed by atoms with Gasteiger partial charge >= 0.3 is 109 Å². The standard InChI is InChI=1S/H3NO6S2.3Na.3H/c2-8(3,4)1-9(5,6)7;;;;;;/h1H,(H,2,3,4)(H,5,6,7);;;;;;/q;3*+1;3*-1. The van der Waals surface area contributed by atoms with Crippen molar-refractivity contribution >= 4 is 20.6 Å². The van der Waals surface area contributed by atoms with Gasteiger partial charge in [-0.2, -0.15) is 16.8 Å². The molecule has 3 N–H and O–H groups in total. The molecule has 0 fully saturated rings. The summed E-state index contributed by atoms with van der Waals surface area (Å²) in [6, 6.07) is 0. The fourth-order valence-corrected chi connectivity index (χ4v) is 1.20. The molecule has 0 radical (unpaired) electrons. The number of nitrogens with one attached hydrogen (secondary N) is 1. The molecule has 0 aromatic carbocycles. The van der Waals surface area contributed by atoms with E-state index < -0.39 is 20.6 Å². The van der Waals surface area contributed by atoms with Gasteiger partial charge in [-0.15, -0.1) is 0 Å². The molecule has 12 heteroatoms. The molecule has 0 saturated carbocycles. The summed E-state index contributed by atoms with van der Waals surface area (Å²) < 4.78 is 54.1. The van der Waals surface area contributed by atoms with Crippen molar-refractivity contribution in [1.29, 1.82) is 0 Å². The van der Waals surface area contributed by atoms with Gasteiger partial charge in [-0.3, -0.25) is 9.11 Å². The maximum absolute atomic E-state index is 9.55. The van der Waals surface area contributed by atoms with Crippen LogP contribution in [0.5, 0.6) is 0 Å². The van der Waals surface area contributed by atoms with Crippen molar-refractivity contribution in [3.05, 3.63) is 0 Å². The van der Waals surface area contributed by atoms with Crippen molar-refractivity contribution in [1.82, 2.24) is 4.13 Å². The molecule has 0 amide bonds. The van der Waals surface area contributed by atoms with Crippen molar-refractivity contribution in [2.24, 2.45) is 0 Å². The van der Waals surface area contributed by atoms with E-state index in [2.05, 4.69) is 0 Å². The van der Waals surface area contributed by atoms with E-state index in [0.717, 1.165) is 0 Å². The summed E-state index contributed by atoms with van der Waals surface area (Å²) in [5.74, 6) is 0. The van der Waals surface area contributed by atoms with Gasteiger partial charge in [0.25, 0.3) is 0 Å². The molecule has 0 aliphatic carbocycles. The van der Waals surface area contributed by atoms with E-state index in [1.54, 1.807) is 0 Å². The zero-order valence-corrected chi connectivity index (χ0v) is 14.5. The Kier molecular flexibility index (Phi) is 18.2. The molecule has 62 valence electrons. The van der Waals surface area contributed by atoms with Crippen molar-refractivity contribution in [3.63, 3.8) is 0 Å². The number of hydrogen-bond acceptors (Lipinski definition) is 4. The summed E-state index contributed by atoms with van der Waals surface area (Å²) in [5, 5.41) is 0. The van der Waals surface area contributed by atoms with Crippen LogP contribution in [0.3, 0.4) is 0 Å². The second-order valence-corrected chi connectivity index (χ2v) is 3.60. The molecule has 0 aromatic rings. The van der Waals surface area contributed by atoms with Crippen LogP contribution in [0.15, 0.2) is 0 Å². The smallest absolute Gasteiger partial charge is 1.00 e. The van der Waals surface area contributed by atoms with E-state index in [0.29, 0.717) is 4.13 Å². The van der Waals surface area contributed by atoms with E-state index in [4.69, 9.17) is 9.11 Å². The summed E-state index contributed by atoms with van der Waals surface area (Å²) in [6.45, 7) is 0. The van der Waals surface area contributed by atoms with E-state index in [1.807, 2.05) is 0 Å². The normalized spacial score (nSPS) is 10.2. The summed E-state index contributed by atoms with van der Waals surface area (Å²) >= 11 is 0. The quantitative estimate of drug-likeness (QED) is 0.330. The van der Waals surface area contributed by atoms with Gasteiger partial charge in [-0.25, -0.2) is 0 Å². The van der Waals surface area contributed by atoms with E-state index in [-0.39, 0.29) is 93.0 Å². The molecule has 0 heterocycles. The Morgan fingerprint density at radius 3 is 1.00 bits per heavy atom. The third-order valence-electron chi connectivity index (χ3n) is 0.211. The topological polar surface area (TPSA) is 121 Å². The van der Waals surface area contributed by atoms with Crippen molar-refractivity contribution in [2.75, 3.05) is 0 Å². The zero-order valence-electron chi connectivity index (χ0n) is 9.84. The molecule has 12 heavy (non-hydrogen) atoms. The first-order valence-electron chi connectivity index (χ1n) is 1.44. The first kappa shape index (κ1) is 24.2. The number of hydrogen-bond donors (Lipinski definition) is 3. The van der Waals surface area contributed by atoms with Crippen LogP contribution in [0, 0.1) is 0 Å². The Hall–Kier alpha value is 2.78. The molecule has 0 unspecified atom stereocenters. The Bertz CT molecular complexity index is 257. The van der Waals surface area contributed by atoms with Crippen LogP contribution < -0.4 is 92.8 Å². The predicted molar refractivity (Wildman–Crippen MR) is 29.6 cm³/mol. The van der Waals surface area contributed by atoms with Crippen LogP contribution >= 0.6 is 0 Å². The average molecular weight is 249 g/mol. The predicted octanol–water partition coefficient (Wildman–Crippen LogP) is -10.5. The largest absolute Gasteiger partial charge is 1.00 e. The first-order valence-corrected chi connectivity index (χ1v) is 4.32. The molecular weight excluding hydrogens is 243 g/mol. The van der Waals surface area contributed by atoms with Crippen molar-refractivity contribution in [3.8, 4) is 0 Å².